The number of amides is 1. The zero-order valence-corrected chi connectivity index (χ0v) is 13.1. The average molecular weight is 384 g/mol. The van der Waals surface area contributed by atoms with Crippen molar-refractivity contribution in [3.05, 3.63) is 34.9 Å². The topological polar surface area (TPSA) is 69.6 Å². The van der Waals surface area contributed by atoms with Gasteiger partial charge in [-0.3, -0.25) is 4.79 Å². The Morgan fingerprint density at radius 2 is 1.81 bits per heavy atom. The highest BCUT2D eigenvalue weighted by atomic mass is 19.4. The van der Waals surface area contributed by atoms with Crippen LogP contribution in [0.4, 0.5) is 26.3 Å². The lowest BCUT2D eigenvalue weighted by molar-refractivity contribution is -0.192. The lowest BCUT2D eigenvalue weighted by Gasteiger charge is -2.40. The van der Waals surface area contributed by atoms with Crippen molar-refractivity contribution in [2.75, 3.05) is 19.6 Å². The number of halogens is 6. The van der Waals surface area contributed by atoms with E-state index in [9.17, 15) is 31.1 Å². The molecule has 26 heavy (non-hydrogen) atoms. The fraction of sp³-hybridized carbons (Fsp3) is 0.467. The fourth-order valence-corrected chi connectivity index (χ4v) is 2.87. The van der Waals surface area contributed by atoms with Crippen molar-refractivity contribution in [1.82, 2.24) is 10.2 Å². The van der Waals surface area contributed by atoms with Crippen LogP contribution < -0.4 is 5.32 Å². The van der Waals surface area contributed by atoms with E-state index in [-0.39, 0.29) is 29.5 Å². The zero-order valence-electron chi connectivity index (χ0n) is 13.1. The molecule has 2 aliphatic heterocycles. The molecule has 5 nitrogen and oxygen atoms in total. The quantitative estimate of drug-likeness (QED) is 0.674. The molecule has 0 unspecified atom stereocenters. The van der Waals surface area contributed by atoms with Gasteiger partial charge in [-0.2, -0.15) is 26.3 Å². The number of carbonyl (C=O) groups is 2. The van der Waals surface area contributed by atoms with Crippen LogP contribution in [0.2, 0.25) is 0 Å². The summed E-state index contributed by atoms with van der Waals surface area (Å²) in [6.45, 7) is 1.80. The summed E-state index contributed by atoms with van der Waals surface area (Å²) >= 11 is 0. The second-order valence-electron chi connectivity index (χ2n) is 5.69. The lowest BCUT2D eigenvalue weighted by atomic mass is 9.88. The van der Waals surface area contributed by atoms with Crippen molar-refractivity contribution < 1.29 is 41.0 Å². The summed E-state index contributed by atoms with van der Waals surface area (Å²) in [5, 5.41) is 10.2. The summed E-state index contributed by atoms with van der Waals surface area (Å²) in [4.78, 5) is 22.8. The number of hydrogen-bond acceptors (Lipinski definition) is 3. The largest absolute Gasteiger partial charge is 0.490 e. The predicted octanol–water partition coefficient (Wildman–Crippen LogP) is 2.31. The molecule has 0 saturated carbocycles. The Kier molecular flexibility index (Phi) is 5.49. The third kappa shape index (κ3) is 4.26. The molecule has 1 saturated heterocycles. The van der Waals surface area contributed by atoms with Crippen LogP contribution in [-0.2, 0) is 17.4 Å². The molecule has 1 aromatic carbocycles. The number of carbonyl (C=O) groups excluding carboxylic acids is 1. The number of piperazine rings is 1. The van der Waals surface area contributed by atoms with Gasteiger partial charge in [0.15, 0.2) is 0 Å². The zero-order chi connectivity index (χ0) is 19.7. The van der Waals surface area contributed by atoms with Gasteiger partial charge in [0.25, 0.3) is 5.91 Å². The second-order valence-corrected chi connectivity index (χ2v) is 5.69. The van der Waals surface area contributed by atoms with Crippen LogP contribution in [0.3, 0.4) is 0 Å². The highest BCUT2D eigenvalue weighted by molar-refractivity contribution is 5.97. The number of rotatable bonds is 0. The number of nitrogens with zero attached hydrogens (tertiary/aromatic N) is 1. The lowest BCUT2D eigenvalue weighted by Crippen LogP contribution is -2.57. The van der Waals surface area contributed by atoms with Gasteiger partial charge in [0.05, 0.1) is 5.56 Å². The number of alkyl halides is 6. The van der Waals surface area contributed by atoms with E-state index in [1.165, 1.54) is 12.1 Å². The van der Waals surface area contributed by atoms with E-state index in [1.807, 2.05) is 0 Å². The minimum atomic E-state index is -5.08. The van der Waals surface area contributed by atoms with Crippen molar-refractivity contribution >= 4 is 11.9 Å². The number of hydrogen-bond donors (Lipinski definition) is 2. The van der Waals surface area contributed by atoms with Crippen molar-refractivity contribution in [3.8, 4) is 0 Å². The normalized spacial score (nSPS) is 19.8. The molecule has 1 aromatic rings. The fourth-order valence-electron chi connectivity index (χ4n) is 2.87. The Labute approximate surface area is 143 Å². The van der Waals surface area contributed by atoms with Crippen LogP contribution in [0.25, 0.3) is 0 Å². The van der Waals surface area contributed by atoms with Crippen LogP contribution in [0.15, 0.2) is 18.2 Å². The van der Waals surface area contributed by atoms with Crippen LogP contribution in [-0.4, -0.2) is 53.7 Å². The second kappa shape index (κ2) is 7.14. The maximum absolute atomic E-state index is 13.0. The summed E-state index contributed by atoms with van der Waals surface area (Å²) in [5.41, 5.74) is -0.332. The van der Waals surface area contributed by atoms with Crippen molar-refractivity contribution in [2.45, 2.75) is 24.8 Å². The Bertz CT molecular complexity index is 702. The van der Waals surface area contributed by atoms with Crippen LogP contribution in [0.5, 0.6) is 0 Å². The summed E-state index contributed by atoms with van der Waals surface area (Å²) < 4.78 is 70.7. The molecule has 1 amide bonds. The highest BCUT2D eigenvalue weighted by Gasteiger charge is 2.41. The first-order valence-electron chi connectivity index (χ1n) is 7.43. The molecule has 1 atom stereocenters. The third-order valence-corrected chi connectivity index (χ3v) is 4.01. The summed E-state index contributed by atoms with van der Waals surface area (Å²) in [5.74, 6) is -3.04. The van der Waals surface area contributed by atoms with Gasteiger partial charge in [-0.15, -0.1) is 0 Å². The Hall–Kier alpha value is -2.30. The van der Waals surface area contributed by atoms with E-state index in [4.69, 9.17) is 9.90 Å². The number of carboxylic acids is 1. The molecule has 0 aromatic heterocycles. The van der Waals surface area contributed by atoms with Gasteiger partial charge in [-0.25, -0.2) is 4.79 Å². The Morgan fingerprint density at radius 1 is 1.19 bits per heavy atom. The van der Waals surface area contributed by atoms with E-state index in [1.54, 1.807) is 4.90 Å². The van der Waals surface area contributed by atoms with Gasteiger partial charge in [0, 0.05) is 31.2 Å². The van der Waals surface area contributed by atoms with Crippen molar-refractivity contribution in [1.29, 1.82) is 0 Å². The van der Waals surface area contributed by atoms with Gasteiger partial charge in [0.2, 0.25) is 0 Å². The van der Waals surface area contributed by atoms with Gasteiger partial charge in [-0.1, -0.05) is 6.07 Å². The molecule has 1 fully saturated rings. The molecule has 2 heterocycles. The maximum Gasteiger partial charge on any atom is 0.490 e. The number of aliphatic carboxylic acids is 1. The summed E-state index contributed by atoms with van der Waals surface area (Å²) in [7, 11) is 0. The molecule has 2 aliphatic rings. The first kappa shape index (κ1) is 20.0. The Morgan fingerprint density at radius 3 is 2.35 bits per heavy atom. The number of benzene rings is 1. The molecule has 0 bridgehead atoms. The summed E-state index contributed by atoms with van der Waals surface area (Å²) in [6.07, 6.45) is -9.22. The minimum absolute atomic E-state index is 0.143. The van der Waals surface area contributed by atoms with Crippen molar-refractivity contribution in [2.24, 2.45) is 0 Å². The SMILES string of the molecule is O=C(O)C(F)(F)F.O=C1c2cccc(C(F)(F)F)c2C[C@@H]2CNCCN12. The first-order valence-corrected chi connectivity index (χ1v) is 7.43. The van der Waals surface area contributed by atoms with Crippen LogP contribution in [0.1, 0.15) is 21.5 Å². The van der Waals surface area contributed by atoms with E-state index < -0.39 is 23.9 Å². The third-order valence-electron chi connectivity index (χ3n) is 4.01. The first-order chi connectivity index (χ1) is 11.9. The van der Waals surface area contributed by atoms with E-state index >= 15 is 0 Å². The van der Waals surface area contributed by atoms with Gasteiger partial charge < -0.3 is 15.3 Å². The molecule has 2 N–H and O–H groups in total. The van der Waals surface area contributed by atoms with E-state index in [0.29, 0.717) is 19.6 Å². The number of carboxylic acid groups (broad SMARTS) is 1. The van der Waals surface area contributed by atoms with Gasteiger partial charge >= 0.3 is 18.3 Å². The molecular formula is C15H14F6N2O3. The van der Waals surface area contributed by atoms with Gasteiger partial charge in [0.1, 0.15) is 0 Å². The highest BCUT2D eigenvalue weighted by Crippen LogP contribution is 2.36. The van der Waals surface area contributed by atoms with E-state index in [0.717, 1.165) is 6.07 Å². The predicted molar refractivity (Wildman–Crippen MR) is 76.5 cm³/mol. The Balaban J connectivity index is 0.000000298. The van der Waals surface area contributed by atoms with Crippen molar-refractivity contribution in [3.63, 3.8) is 0 Å². The number of fused-ring (bicyclic) bond motifs is 2. The molecule has 0 radical (unpaired) electrons. The molecule has 3 rings (SSSR count). The van der Waals surface area contributed by atoms with Gasteiger partial charge in [-0.05, 0) is 24.1 Å². The van der Waals surface area contributed by atoms with Crippen LogP contribution >= 0.6 is 0 Å². The molecule has 11 heteroatoms. The van der Waals surface area contributed by atoms with Crippen LogP contribution in [0, 0.1) is 0 Å². The molecule has 0 aliphatic carbocycles. The van der Waals surface area contributed by atoms with E-state index in [2.05, 4.69) is 5.32 Å². The monoisotopic (exact) mass is 384 g/mol. The minimum Gasteiger partial charge on any atom is -0.475 e. The molecular weight excluding hydrogens is 370 g/mol. The molecule has 0 spiro atoms. The molecule has 144 valence electrons. The average Bonchev–Trinajstić information content (AvgIpc) is 2.53. The summed E-state index contributed by atoms with van der Waals surface area (Å²) in [6, 6.07) is 3.68. The number of nitrogens with one attached hydrogen (secondary N) is 1. The standard InChI is InChI=1S/C13H13F3N2O.C2HF3O2/c14-13(15,16)11-3-1-2-9-10(11)6-8-7-17-4-5-18(8)12(9)19;3-2(4,5)1(6)7/h1-3,8,17H,4-7H2;(H,6,7)/t8-;/m1./s1. The smallest absolute Gasteiger partial charge is 0.475 e. The maximum atomic E-state index is 13.0.